The van der Waals surface area contributed by atoms with Gasteiger partial charge in [0, 0.05) is 0 Å². The van der Waals surface area contributed by atoms with Crippen molar-refractivity contribution >= 4 is 0 Å². The maximum atomic E-state index is 3.40. The highest BCUT2D eigenvalue weighted by Gasteiger charge is 2.02. The van der Waals surface area contributed by atoms with Gasteiger partial charge in [-0.25, -0.2) is 0 Å². The van der Waals surface area contributed by atoms with E-state index in [9.17, 15) is 0 Å². The average Bonchev–Trinajstić information content (AvgIpc) is 2.29. The Morgan fingerprint density at radius 3 is 2.25 bits per heavy atom. The molecule has 0 aromatic heterocycles. The van der Waals surface area contributed by atoms with Crippen molar-refractivity contribution in [3.63, 3.8) is 0 Å². The highest BCUT2D eigenvalue weighted by atomic mass is 14.8. The molecule has 0 heterocycles. The fourth-order valence-corrected chi connectivity index (χ4v) is 2.00. The molecule has 1 aromatic rings. The SMILES string of the molecule is CCCc1ccc(CC(C)CNCC)cc1. The van der Waals surface area contributed by atoms with E-state index in [1.54, 1.807) is 0 Å². The molecule has 90 valence electrons. The zero-order valence-electron chi connectivity index (χ0n) is 10.9. The second kappa shape index (κ2) is 7.45. The number of rotatable bonds is 7. The van der Waals surface area contributed by atoms with Gasteiger partial charge in [-0.3, -0.25) is 0 Å². The van der Waals surface area contributed by atoms with Crippen molar-refractivity contribution < 1.29 is 0 Å². The largest absolute Gasteiger partial charge is 0.317 e. The van der Waals surface area contributed by atoms with Gasteiger partial charge in [0.2, 0.25) is 0 Å². The van der Waals surface area contributed by atoms with E-state index in [2.05, 4.69) is 50.4 Å². The lowest BCUT2D eigenvalue weighted by atomic mass is 9.99. The van der Waals surface area contributed by atoms with E-state index >= 15 is 0 Å². The molecule has 1 rings (SSSR count). The van der Waals surface area contributed by atoms with E-state index < -0.39 is 0 Å². The summed E-state index contributed by atoms with van der Waals surface area (Å²) < 4.78 is 0. The Morgan fingerprint density at radius 1 is 1.06 bits per heavy atom. The van der Waals surface area contributed by atoms with Gasteiger partial charge in [0.05, 0.1) is 0 Å². The number of benzene rings is 1. The molecule has 0 fully saturated rings. The van der Waals surface area contributed by atoms with E-state index in [0.717, 1.165) is 19.0 Å². The first-order chi connectivity index (χ1) is 7.76. The highest BCUT2D eigenvalue weighted by molar-refractivity contribution is 5.22. The lowest BCUT2D eigenvalue weighted by molar-refractivity contribution is 0.521. The molecule has 16 heavy (non-hydrogen) atoms. The van der Waals surface area contributed by atoms with Crippen molar-refractivity contribution in [2.75, 3.05) is 13.1 Å². The molecule has 0 radical (unpaired) electrons. The van der Waals surface area contributed by atoms with Crippen molar-refractivity contribution in [3.8, 4) is 0 Å². The minimum atomic E-state index is 0.719. The van der Waals surface area contributed by atoms with E-state index in [4.69, 9.17) is 0 Å². The number of nitrogens with one attached hydrogen (secondary N) is 1. The molecule has 0 aliphatic rings. The second-order valence-electron chi connectivity index (χ2n) is 4.68. The Morgan fingerprint density at radius 2 is 1.69 bits per heavy atom. The Bertz CT molecular complexity index is 276. The smallest absolute Gasteiger partial charge is 0.00201 e. The van der Waals surface area contributed by atoms with Gasteiger partial charge in [-0.05, 0) is 43.0 Å². The summed E-state index contributed by atoms with van der Waals surface area (Å²) in [6, 6.07) is 9.12. The second-order valence-corrected chi connectivity index (χ2v) is 4.68. The number of aryl methyl sites for hydroxylation is 1. The van der Waals surface area contributed by atoms with Crippen LogP contribution in [0.15, 0.2) is 24.3 Å². The molecular weight excluding hydrogens is 194 g/mol. The fraction of sp³-hybridized carbons (Fsp3) is 0.600. The zero-order chi connectivity index (χ0) is 11.8. The standard InChI is InChI=1S/C15H25N/c1-4-6-14-7-9-15(10-8-14)11-13(3)12-16-5-2/h7-10,13,16H,4-6,11-12H2,1-3H3. The normalized spacial score (nSPS) is 12.7. The monoisotopic (exact) mass is 219 g/mol. The molecule has 0 bridgehead atoms. The van der Waals surface area contributed by atoms with Crippen LogP contribution >= 0.6 is 0 Å². The quantitative estimate of drug-likeness (QED) is 0.741. The molecule has 1 N–H and O–H groups in total. The van der Waals surface area contributed by atoms with E-state index in [-0.39, 0.29) is 0 Å². The van der Waals surface area contributed by atoms with Crippen LogP contribution in [-0.2, 0) is 12.8 Å². The minimum absolute atomic E-state index is 0.719. The van der Waals surface area contributed by atoms with Crippen LogP contribution < -0.4 is 5.32 Å². The molecule has 1 heteroatoms. The van der Waals surface area contributed by atoms with Crippen LogP contribution in [0.5, 0.6) is 0 Å². The third-order valence-electron chi connectivity index (χ3n) is 2.89. The molecule has 0 amide bonds. The molecule has 0 aliphatic carbocycles. The third kappa shape index (κ3) is 4.80. The molecule has 0 aliphatic heterocycles. The van der Waals surface area contributed by atoms with Crippen molar-refractivity contribution in [3.05, 3.63) is 35.4 Å². The van der Waals surface area contributed by atoms with Crippen LogP contribution in [0.4, 0.5) is 0 Å². The van der Waals surface area contributed by atoms with Gasteiger partial charge in [0.15, 0.2) is 0 Å². The fourth-order valence-electron chi connectivity index (χ4n) is 2.00. The Balaban J connectivity index is 2.41. The topological polar surface area (TPSA) is 12.0 Å². The van der Waals surface area contributed by atoms with Crippen LogP contribution in [0.2, 0.25) is 0 Å². The van der Waals surface area contributed by atoms with Crippen LogP contribution in [-0.4, -0.2) is 13.1 Å². The van der Waals surface area contributed by atoms with Gasteiger partial charge in [0.1, 0.15) is 0 Å². The lowest BCUT2D eigenvalue weighted by Crippen LogP contribution is -2.21. The molecule has 1 atom stereocenters. The van der Waals surface area contributed by atoms with Gasteiger partial charge < -0.3 is 5.32 Å². The summed E-state index contributed by atoms with van der Waals surface area (Å²) in [6.07, 6.45) is 3.61. The third-order valence-corrected chi connectivity index (χ3v) is 2.89. The predicted molar refractivity (Wildman–Crippen MR) is 71.8 cm³/mol. The van der Waals surface area contributed by atoms with Crippen LogP contribution in [0, 0.1) is 5.92 Å². The Labute approximate surface area is 100 Å². The lowest BCUT2D eigenvalue weighted by Gasteiger charge is -2.12. The van der Waals surface area contributed by atoms with Gasteiger partial charge in [-0.1, -0.05) is 51.5 Å². The molecule has 0 saturated carbocycles. The van der Waals surface area contributed by atoms with Gasteiger partial charge in [-0.2, -0.15) is 0 Å². The van der Waals surface area contributed by atoms with Crippen LogP contribution in [0.3, 0.4) is 0 Å². The molecule has 0 saturated heterocycles. The number of hydrogen-bond donors (Lipinski definition) is 1. The maximum absolute atomic E-state index is 3.40. The predicted octanol–water partition coefficient (Wildman–Crippen LogP) is 3.43. The van der Waals surface area contributed by atoms with Crippen molar-refractivity contribution in [2.24, 2.45) is 5.92 Å². The van der Waals surface area contributed by atoms with Crippen molar-refractivity contribution in [1.82, 2.24) is 5.32 Å². The summed E-state index contributed by atoms with van der Waals surface area (Å²) in [7, 11) is 0. The maximum Gasteiger partial charge on any atom is -0.00201 e. The van der Waals surface area contributed by atoms with Crippen LogP contribution in [0.1, 0.15) is 38.3 Å². The molecule has 1 nitrogen and oxygen atoms in total. The van der Waals surface area contributed by atoms with E-state index in [1.165, 1.54) is 30.4 Å². The Kier molecular flexibility index (Phi) is 6.17. The van der Waals surface area contributed by atoms with E-state index in [1.807, 2.05) is 0 Å². The first kappa shape index (κ1) is 13.2. The Hall–Kier alpha value is -0.820. The summed E-state index contributed by atoms with van der Waals surface area (Å²) >= 11 is 0. The summed E-state index contributed by atoms with van der Waals surface area (Å²) in [6.45, 7) is 8.88. The van der Waals surface area contributed by atoms with E-state index in [0.29, 0.717) is 0 Å². The molecule has 1 aromatic carbocycles. The van der Waals surface area contributed by atoms with Gasteiger partial charge in [-0.15, -0.1) is 0 Å². The first-order valence-electron chi connectivity index (χ1n) is 6.54. The summed E-state index contributed by atoms with van der Waals surface area (Å²) in [5, 5.41) is 3.40. The molecule has 1 unspecified atom stereocenters. The highest BCUT2D eigenvalue weighted by Crippen LogP contribution is 2.11. The zero-order valence-corrected chi connectivity index (χ0v) is 10.9. The minimum Gasteiger partial charge on any atom is -0.317 e. The average molecular weight is 219 g/mol. The molecule has 0 spiro atoms. The summed E-state index contributed by atoms with van der Waals surface area (Å²) in [4.78, 5) is 0. The van der Waals surface area contributed by atoms with Crippen LogP contribution in [0.25, 0.3) is 0 Å². The summed E-state index contributed by atoms with van der Waals surface area (Å²) in [5.74, 6) is 0.719. The van der Waals surface area contributed by atoms with Gasteiger partial charge in [0.25, 0.3) is 0 Å². The van der Waals surface area contributed by atoms with Gasteiger partial charge >= 0.3 is 0 Å². The molecular formula is C15H25N. The first-order valence-corrected chi connectivity index (χ1v) is 6.54. The number of hydrogen-bond acceptors (Lipinski definition) is 1. The van der Waals surface area contributed by atoms with Crippen molar-refractivity contribution in [1.29, 1.82) is 0 Å². The van der Waals surface area contributed by atoms with Crippen molar-refractivity contribution in [2.45, 2.75) is 40.0 Å². The summed E-state index contributed by atoms with van der Waals surface area (Å²) in [5.41, 5.74) is 2.93.